The van der Waals surface area contributed by atoms with E-state index < -0.39 is 0 Å². The SMILES string of the molecule is COc1cccc2c1C(CN)OC2.Cl. The number of hydrogen-bond acceptors (Lipinski definition) is 3. The lowest BCUT2D eigenvalue weighted by Crippen LogP contribution is -2.11. The van der Waals surface area contributed by atoms with E-state index in [0.717, 1.165) is 11.3 Å². The molecule has 4 heteroatoms. The zero-order valence-corrected chi connectivity index (χ0v) is 8.84. The van der Waals surface area contributed by atoms with Gasteiger partial charge in [0.15, 0.2) is 0 Å². The summed E-state index contributed by atoms with van der Waals surface area (Å²) in [6, 6.07) is 5.96. The molecule has 1 aliphatic rings. The number of rotatable bonds is 2. The van der Waals surface area contributed by atoms with Crippen molar-refractivity contribution in [2.24, 2.45) is 5.73 Å². The van der Waals surface area contributed by atoms with Crippen LogP contribution in [0.1, 0.15) is 17.2 Å². The minimum Gasteiger partial charge on any atom is -0.496 e. The maximum atomic E-state index is 5.59. The van der Waals surface area contributed by atoms with Gasteiger partial charge in [-0.3, -0.25) is 0 Å². The van der Waals surface area contributed by atoms with Crippen LogP contribution in [0.15, 0.2) is 18.2 Å². The van der Waals surface area contributed by atoms with E-state index in [4.69, 9.17) is 15.2 Å². The second-order valence-corrected chi connectivity index (χ2v) is 3.07. The molecule has 1 aromatic rings. The van der Waals surface area contributed by atoms with Crippen LogP contribution < -0.4 is 10.5 Å². The van der Waals surface area contributed by atoms with Crippen LogP contribution in [-0.2, 0) is 11.3 Å². The van der Waals surface area contributed by atoms with E-state index in [1.54, 1.807) is 7.11 Å². The third-order valence-electron chi connectivity index (χ3n) is 2.35. The molecular weight excluding hydrogens is 202 g/mol. The normalized spacial score (nSPS) is 18.6. The summed E-state index contributed by atoms with van der Waals surface area (Å²) in [6.45, 7) is 1.15. The van der Waals surface area contributed by atoms with Crippen molar-refractivity contribution < 1.29 is 9.47 Å². The number of ether oxygens (including phenoxy) is 2. The van der Waals surface area contributed by atoms with E-state index in [-0.39, 0.29) is 18.5 Å². The fourth-order valence-electron chi connectivity index (χ4n) is 1.72. The molecule has 0 aliphatic carbocycles. The van der Waals surface area contributed by atoms with Gasteiger partial charge in [-0.1, -0.05) is 12.1 Å². The van der Waals surface area contributed by atoms with Crippen LogP contribution >= 0.6 is 12.4 Å². The Morgan fingerprint density at radius 3 is 3.00 bits per heavy atom. The quantitative estimate of drug-likeness (QED) is 0.816. The van der Waals surface area contributed by atoms with Crippen molar-refractivity contribution in [2.45, 2.75) is 12.7 Å². The summed E-state index contributed by atoms with van der Waals surface area (Å²) in [5, 5.41) is 0. The number of benzene rings is 1. The molecule has 0 aromatic heterocycles. The first-order chi connectivity index (χ1) is 6.36. The van der Waals surface area contributed by atoms with E-state index >= 15 is 0 Å². The zero-order valence-electron chi connectivity index (χ0n) is 8.03. The third kappa shape index (κ3) is 1.71. The molecule has 2 N–H and O–H groups in total. The molecule has 0 saturated heterocycles. The topological polar surface area (TPSA) is 44.5 Å². The fourth-order valence-corrected chi connectivity index (χ4v) is 1.72. The first-order valence-electron chi connectivity index (χ1n) is 4.34. The number of halogens is 1. The molecular formula is C10H14ClNO2. The minimum absolute atomic E-state index is 0. The van der Waals surface area contributed by atoms with Crippen molar-refractivity contribution in [1.29, 1.82) is 0 Å². The van der Waals surface area contributed by atoms with E-state index in [2.05, 4.69) is 0 Å². The average Bonchev–Trinajstić information content (AvgIpc) is 2.60. The Balaban J connectivity index is 0.000000980. The average molecular weight is 216 g/mol. The second-order valence-electron chi connectivity index (χ2n) is 3.07. The van der Waals surface area contributed by atoms with Gasteiger partial charge in [0.1, 0.15) is 5.75 Å². The maximum Gasteiger partial charge on any atom is 0.125 e. The van der Waals surface area contributed by atoms with Crippen molar-refractivity contribution in [3.63, 3.8) is 0 Å². The Kier molecular flexibility index (Phi) is 3.75. The summed E-state index contributed by atoms with van der Waals surface area (Å²) in [6.07, 6.45) is 0.00569. The Hall–Kier alpha value is -0.770. The number of hydrogen-bond donors (Lipinski definition) is 1. The number of nitrogens with two attached hydrogens (primary N) is 1. The van der Waals surface area contributed by atoms with Crippen LogP contribution in [0.25, 0.3) is 0 Å². The van der Waals surface area contributed by atoms with Gasteiger partial charge in [-0.15, -0.1) is 12.4 Å². The molecule has 3 nitrogen and oxygen atoms in total. The largest absolute Gasteiger partial charge is 0.496 e. The molecule has 78 valence electrons. The zero-order chi connectivity index (χ0) is 9.26. The lowest BCUT2D eigenvalue weighted by Gasteiger charge is -2.11. The van der Waals surface area contributed by atoms with Crippen LogP contribution in [0.3, 0.4) is 0 Å². The first-order valence-corrected chi connectivity index (χ1v) is 4.34. The Bertz CT molecular complexity index is 317. The van der Waals surface area contributed by atoms with E-state index in [1.165, 1.54) is 5.56 Å². The van der Waals surface area contributed by atoms with Gasteiger partial charge in [-0.25, -0.2) is 0 Å². The smallest absolute Gasteiger partial charge is 0.125 e. The van der Waals surface area contributed by atoms with Crippen molar-refractivity contribution in [2.75, 3.05) is 13.7 Å². The van der Waals surface area contributed by atoms with Gasteiger partial charge < -0.3 is 15.2 Å². The molecule has 14 heavy (non-hydrogen) atoms. The highest BCUT2D eigenvalue weighted by Gasteiger charge is 2.25. The summed E-state index contributed by atoms with van der Waals surface area (Å²) in [4.78, 5) is 0. The molecule has 1 unspecified atom stereocenters. The fraction of sp³-hybridized carbons (Fsp3) is 0.400. The van der Waals surface area contributed by atoms with Crippen LogP contribution in [0, 0.1) is 0 Å². The van der Waals surface area contributed by atoms with Gasteiger partial charge in [0.05, 0.1) is 19.8 Å². The maximum absolute atomic E-state index is 5.59. The molecule has 1 aromatic carbocycles. The van der Waals surface area contributed by atoms with Crippen molar-refractivity contribution in [1.82, 2.24) is 0 Å². The number of methoxy groups -OCH3 is 1. The standard InChI is InChI=1S/C10H13NO2.ClH/c1-12-8-4-2-3-7-6-13-9(5-11)10(7)8;/h2-4,9H,5-6,11H2,1H3;1H. The molecule has 0 fully saturated rings. The van der Waals surface area contributed by atoms with Crippen LogP contribution in [0.2, 0.25) is 0 Å². The summed E-state index contributed by atoms with van der Waals surface area (Å²) < 4.78 is 10.8. The van der Waals surface area contributed by atoms with Crippen molar-refractivity contribution >= 4 is 12.4 Å². The van der Waals surface area contributed by atoms with Crippen LogP contribution in [0.5, 0.6) is 5.75 Å². The predicted octanol–water partition coefficient (Wildman–Crippen LogP) is 1.65. The highest BCUT2D eigenvalue weighted by Crippen LogP contribution is 2.36. The molecule has 0 bridgehead atoms. The number of fused-ring (bicyclic) bond motifs is 1. The van der Waals surface area contributed by atoms with Gasteiger partial charge in [0, 0.05) is 12.1 Å². The summed E-state index contributed by atoms with van der Waals surface area (Å²) in [5.74, 6) is 0.880. The van der Waals surface area contributed by atoms with Crippen LogP contribution in [-0.4, -0.2) is 13.7 Å². The molecule has 2 rings (SSSR count). The highest BCUT2D eigenvalue weighted by atomic mass is 35.5. The van der Waals surface area contributed by atoms with Gasteiger partial charge in [-0.2, -0.15) is 0 Å². The molecule has 1 aliphatic heterocycles. The lowest BCUT2D eigenvalue weighted by atomic mass is 10.0. The first kappa shape index (κ1) is 11.3. The van der Waals surface area contributed by atoms with E-state index in [9.17, 15) is 0 Å². The Morgan fingerprint density at radius 2 is 2.36 bits per heavy atom. The Labute approximate surface area is 89.6 Å². The van der Waals surface area contributed by atoms with Gasteiger partial charge in [-0.05, 0) is 11.6 Å². The Morgan fingerprint density at radius 1 is 1.57 bits per heavy atom. The summed E-state index contributed by atoms with van der Waals surface area (Å²) >= 11 is 0. The molecule has 1 atom stereocenters. The van der Waals surface area contributed by atoms with Crippen molar-refractivity contribution in [3.05, 3.63) is 29.3 Å². The molecule has 0 spiro atoms. The molecule has 0 radical (unpaired) electrons. The lowest BCUT2D eigenvalue weighted by molar-refractivity contribution is 0.0713. The monoisotopic (exact) mass is 215 g/mol. The molecule has 0 saturated carbocycles. The van der Waals surface area contributed by atoms with Gasteiger partial charge in [0.2, 0.25) is 0 Å². The molecule has 1 heterocycles. The van der Waals surface area contributed by atoms with Crippen LogP contribution in [0.4, 0.5) is 0 Å². The van der Waals surface area contributed by atoms with E-state index in [0.29, 0.717) is 13.2 Å². The van der Waals surface area contributed by atoms with E-state index in [1.807, 2.05) is 18.2 Å². The van der Waals surface area contributed by atoms with Gasteiger partial charge >= 0.3 is 0 Å². The predicted molar refractivity (Wildman–Crippen MR) is 56.8 cm³/mol. The summed E-state index contributed by atoms with van der Waals surface area (Å²) in [5.41, 5.74) is 7.90. The third-order valence-corrected chi connectivity index (χ3v) is 2.35. The minimum atomic E-state index is 0. The molecule has 0 amide bonds. The van der Waals surface area contributed by atoms with Gasteiger partial charge in [0.25, 0.3) is 0 Å². The highest BCUT2D eigenvalue weighted by molar-refractivity contribution is 5.85. The second kappa shape index (κ2) is 4.64. The van der Waals surface area contributed by atoms with Crippen molar-refractivity contribution in [3.8, 4) is 5.75 Å². The summed E-state index contributed by atoms with van der Waals surface area (Å²) in [7, 11) is 1.67.